The number of thiazole rings is 1. The van der Waals surface area contributed by atoms with E-state index in [4.69, 9.17) is 19.2 Å². The molecule has 7 nitrogen and oxygen atoms in total. The van der Waals surface area contributed by atoms with Gasteiger partial charge in [-0.05, 0) is 36.8 Å². The van der Waals surface area contributed by atoms with E-state index in [2.05, 4.69) is 34.9 Å². The molecule has 0 spiro atoms. The average molecular weight is 472 g/mol. The van der Waals surface area contributed by atoms with E-state index < -0.39 is 6.10 Å². The second-order valence-electron chi connectivity index (χ2n) is 8.39. The van der Waals surface area contributed by atoms with Crippen molar-refractivity contribution in [3.05, 3.63) is 53.0 Å². The predicted molar refractivity (Wildman–Crippen MR) is 131 cm³/mol. The highest BCUT2D eigenvalue weighted by molar-refractivity contribution is 7.18. The van der Waals surface area contributed by atoms with Crippen LogP contribution in [0.25, 0.3) is 10.2 Å². The summed E-state index contributed by atoms with van der Waals surface area (Å²) in [5.41, 5.74) is 2.07. The van der Waals surface area contributed by atoms with Crippen molar-refractivity contribution >= 4 is 21.6 Å². The first-order valence-electron chi connectivity index (χ1n) is 11.4. The van der Waals surface area contributed by atoms with Gasteiger partial charge in [0.05, 0.1) is 49.8 Å². The number of aliphatic hydroxyl groups excluding tert-OH is 1. The zero-order valence-electron chi connectivity index (χ0n) is 19.6. The number of benzene rings is 2. The highest BCUT2D eigenvalue weighted by Gasteiger charge is 2.25. The third-order valence-corrected chi connectivity index (χ3v) is 7.32. The smallest absolute Gasteiger partial charge is 0.161 e. The van der Waals surface area contributed by atoms with Gasteiger partial charge in [0.1, 0.15) is 5.01 Å². The molecule has 2 heterocycles. The summed E-state index contributed by atoms with van der Waals surface area (Å²) in [5.74, 6) is 1.37. The number of rotatable bonds is 10. The first kappa shape index (κ1) is 23.9. The van der Waals surface area contributed by atoms with Gasteiger partial charge in [0.2, 0.25) is 0 Å². The van der Waals surface area contributed by atoms with Crippen LogP contribution >= 0.6 is 11.3 Å². The fraction of sp³-hybridized carbons (Fsp3) is 0.480. The Kier molecular flexibility index (Phi) is 8.16. The number of fused-ring (bicyclic) bond motifs is 1. The Hall–Kier alpha value is -2.23. The summed E-state index contributed by atoms with van der Waals surface area (Å²) in [4.78, 5) is 9.62. The first-order chi connectivity index (χ1) is 16.1. The van der Waals surface area contributed by atoms with E-state index in [1.165, 1.54) is 9.71 Å². The number of nitrogens with zero attached hydrogens (tertiary/aromatic N) is 3. The molecule has 0 radical (unpaired) electrons. The van der Waals surface area contributed by atoms with E-state index in [-0.39, 0.29) is 0 Å². The topological polar surface area (TPSA) is 67.3 Å². The summed E-state index contributed by atoms with van der Waals surface area (Å²) in [7, 11) is 3.23. The predicted octanol–water partition coefficient (Wildman–Crippen LogP) is 3.57. The van der Waals surface area contributed by atoms with Gasteiger partial charge in [-0.15, -0.1) is 11.3 Å². The first-order valence-corrected chi connectivity index (χ1v) is 12.2. The zero-order chi connectivity index (χ0) is 23.2. The van der Waals surface area contributed by atoms with E-state index in [1.54, 1.807) is 25.6 Å². The molecule has 2 unspecified atom stereocenters. The monoisotopic (exact) mass is 471 g/mol. The molecule has 178 valence electrons. The van der Waals surface area contributed by atoms with Crippen molar-refractivity contribution in [1.29, 1.82) is 0 Å². The maximum Gasteiger partial charge on any atom is 0.161 e. The van der Waals surface area contributed by atoms with Crippen LogP contribution in [0.15, 0.2) is 42.5 Å². The molecule has 1 aromatic heterocycles. The molecule has 3 aromatic rings. The molecule has 1 fully saturated rings. The Labute approximate surface area is 199 Å². The number of piperazine rings is 1. The van der Waals surface area contributed by atoms with Crippen LogP contribution in [0.5, 0.6) is 11.5 Å². The van der Waals surface area contributed by atoms with Crippen molar-refractivity contribution in [1.82, 2.24) is 14.8 Å². The molecule has 0 aliphatic carbocycles. The molecule has 2 aromatic carbocycles. The van der Waals surface area contributed by atoms with E-state index >= 15 is 0 Å². The lowest BCUT2D eigenvalue weighted by molar-refractivity contribution is -0.00145. The van der Waals surface area contributed by atoms with Crippen molar-refractivity contribution in [2.75, 3.05) is 53.6 Å². The molecule has 1 N–H and O–H groups in total. The fourth-order valence-electron chi connectivity index (χ4n) is 4.19. The number of aromatic nitrogens is 1. The van der Waals surface area contributed by atoms with Gasteiger partial charge in [-0.3, -0.25) is 9.80 Å². The molecule has 1 aliphatic heterocycles. The van der Waals surface area contributed by atoms with Crippen LogP contribution in [0.1, 0.15) is 23.5 Å². The average Bonchev–Trinajstić information content (AvgIpc) is 3.28. The lowest BCUT2D eigenvalue weighted by atomic mass is 10.2. The number of para-hydroxylation sites is 1. The largest absolute Gasteiger partial charge is 0.493 e. The lowest BCUT2D eigenvalue weighted by Crippen LogP contribution is -2.49. The summed E-state index contributed by atoms with van der Waals surface area (Å²) in [6.07, 6.45) is -0.515. The summed E-state index contributed by atoms with van der Waals surface area (Å²) >= 11 is 1.78. The van der Waals surface area contributed by atoms with E-state index in [1.807, 2.05) is 24.3 Å². The number of hydrogen-bond donors (Lipinski definition) is 1. The molecule has 1 aliphatic rings. The van der Waals surface area contributed by atoms with Gasteiger partial charge in [0.25, 0.3) is 0 Å². The standard InChI is InChI=1S/C25H33N3O4S/c1-18(25-26-21-6-4-5-7-24(21)33-25)28-12-10-27(11-13-28)15-20(29)17-32-16-19-8-9-22(30-2)23(14-19)31-3/h4-9,14,18,20,29H,10-13,15-17H2,1-3H3. The van der Waals surface area contributed by atoms with Gasteiger partial charge < -0.3 is 19.3 Å². The van der Waals surface area contributed by atoms with Crippen molar-refractivity contribution in [2.45, 2.75) is 25.7 Å². The second-order valence-corrected chi connectivity index (χ2v) is 9.45. The van der Waals surface area contributed by atoms with E-state index in [0.29, 0.717) is 37.3 Å². The van der Waals surface area contributed by atoms with Crippen molar-refractivity contribution in [2.24, 2.45) is 0 Å². The summed E-state index contributed by atoms with van der Waals surface area (Å²) in [6, 6.07) is 14.3. The van der Waals surface area contributed by atoms with Crippen LogP contribution in [-0.2, 0) is 11.3 Å². The Morgan fingerprint density at radius 3 is 2.52 bits per heavy atom. The minimum Gasteiger partial charge on any atom is -0.493 e. The molecule has 8 heteroatoms. The highest BCUT2D eigenvalue weighted by Crippen LogP contribution is 2.30. The maximum absolute atomic E-state index is 10.5. The van der Waals surface area contributed by atoms with Crippen LogP contribution in [0, 0.1) is 0 Å². The van der Waals surface area contributed by atoms with Crippen LogP contribution in [0.4, 0.5) is 0 Å². The van der Waals surface area contributed by atoms with Gasteiger partial charge in [-0.1, -0.05) is 18.2 Å². The minimum absolute atomic E-state index is 0.302. The van der Waals surface area contributed by atoms with Gasteiger partial charge in [0, 0.05) is 32.7 Å². The lowest BCUT2D eigenvalue weighted by Gasteiger charge is -2.38. The van der Waals surface area contributed by atoms with Crippen molar-refractivity contribution < 1.29 is 19.3 Å². The van der Waals surface area contributed by atoms with Gasteiger partial charge in [0.15, 0.2) is 11.5 Å². The quantitative estimate of drug-likeness (QED) is 0.485. The fourth-order valence-corrected chi connectivity index (χ4v) is 5.25. The summed E-state index contributed by atoms with van der Waals surface area (Å²) < 4.78 is 17.6. The van der Waals surface area contributed by atoms with Gasteiger partial charge in [-0.2, -0.15) is 0 Å². The second kappa shape index (κ2) is 11.3. The number of aliphatic hydroxyl groups is 1. The van der Waals surface area contributed by atoms with Gasteiger partial charge >= 0.3 is 0 Å². The molecular weight excluding hydrogens is 438 g/mol. The third-order valence-electron chi connectivity index (χ3n) is 6.12. The van der Waals surface area contributed by atoms with Crippen LogP contribution < -0.4 is 9.47 Å². The number of ether oxygens (including phenoxy) is 3. The molecular formula is C25H33N3O4S. The normalized spacial score (nSPS) is 17.2. The molecule has 1 saturated heterocycles. The van der Waals surface area contributed by atoms with Crippen LogP contribution in [0.3, 0.4) is 0 Å². The number of β-amino-alcohol motifs (C(OH)–C–C–N with tert-alkyl or cyclic N) is 1. The van der Waals surface area contributed by atoms with Gasteiger partial charge in [-0.25, -0.2) is 4.98 Å². The molecule has 0 bridgehead atoms. The molecule has 33 heavy (non-hydrogen) atoms. The Balaban J connectivity index is 1.19. The summed E-state index contributed by atoms with van der Waals surface area (Å²) in [6.45, 7) is 7.39. The Morgan fingerprint density at radius 1 is 1.03 bits per heavy atom. The van der Waals surface area contributed by atoms with Crippen molar-refractivity contribution in [3.8, 4) is 11.5 Å². The van der Waals surface area contributed by atoms with Crippen LogP contribution in [0.2, 0.25) is 0 Å². The van der Waals surface area contributed by atoms with Crippen LogP contribution in [-0.4, -0.2) is 79.5 Å². The molecule has 4 rings (SSSR count). The highest BCUT2D eigenvalue weighted by atomic mass is 32.1. The SMILES string of the molecule is COc1ccc(COCC(O)CN2CCN(C(C)c3nc4ccccc4s3)CC2)cc1OC. The minimum atomic E-state index is -0.515. The third kappa shape index (κ3) is 6.02. The zero-order valence-corrected chi connectivity index (χ0v) is 20.4. The molecule has 0 saturated carbocycles. The molecule has 2 atom stereocenters. The number of hydrogen-bond acceptors (Lipinski definition) is 8. The van der Waals surface area contributed by atoms with E-state index in [9.17, 15) is 5.11 Å². The Bertz CT molecular complexity index is 1000. The molecule has 0 amide bonds. The van der Waals surface area contributed by atoms with Crippen molar-refractivity contribution in [3.63, 3.8) is 0 Å². The summed E-state index contributed by atoms with van der Waals surface area (Å²) in [5, 5.41) is 11.6. The van der Waals surface area contributed by atoms with E-state index in [0.717, 1.165) is 37.3 Å². The Morgan fingerprint density at radius 2 is 1.79 bits per heavy atom. The number of methoxy groups -OCH3 is 2. The maximum atomic E-state index is 10.5.